The standard InChI is InChI=1S/C11H18BNO/c1-4-9-5-11(12)8(3)7(2)10(14)13(11)6-9/h4,7-8H,5-6,12H2,1-3H3/b9-4-. The van der Waals surface area contributed by atoms with Gasteiger partial charge in [0.15, 0.2) is 0 Å². The quantitative estimate of drug-likeness (QED) is 0.409. The predicted octanol–water partition coefficient (Wildman–Crippen LogP) is 0.780. The summed E-state index contributed by atoms with van der Waals surface area (Å²) >= 11 is 0. The Morgan fingerprint density at radius 1 is 1.57 bits per heavy atom. The van der Waals surface area contributed by atoms with Crippen LogP contribution < -0.4 is 0 Å². The van der Waals surface area contributed by atoms with Gasteiger partial charge in [0, 0.05) is 17.9 Å². The molecule has 3 unspecified atom stereocenters. The number of amides is 1. The smallest absolute Gasteiger partial charge is 0.225 e. The van der Waals surface area contributed by atoms with Gasteiger partial charge >= 0.3 is 0 Å². The normalized spacial score (nSPS) is 44.9. The topological polar surface area (TPSA) is 20.3 Å². The summed E-state index contributed by atoms with van der Waals surface area (Å²) < 4.78 is 0. The zero-order valence-corrected chi connectivity index (χ0v) is 9.50. The summed E-state index contributed by atoms with van der Waals surface area (Å²) in [4.78, 5) is 14.0. The van der Waals surface area contributed by atoms with Crippen LogP contribution in [0.3, 0.4) is 0 Å². The van der Waals surface area contributed by atoms with Gasteiger partial charge in [-0.05, 0) is 19.3 Å². The summed E-state index contributed by atoms with van der Waals surface area (Å²) in [6, 6.07) is 0. The molecule has 0 aromatic rings. The van der Waals surface area contributed by atoms with Gasteiger partial charge in [-0.2, -0.15) is 0 Å². The third-order valence-corrected chi connectivity index (χ3v) is 4.36. The molecular formula is C11H18BNO. The second kappa shape index (κ2) is 2.88. The number of allylic oxidation sites excluding steroid dienone is 1. The second-order valence-corrected chi connectivity index (χ2v) is 4.98. The molecule has 0 aromatic carbocycles. The zero-order valence-electron chi connectivity index (χ0n) is 9.50. The lowest BCUT2D eigenvalue weighted by Gasteiger charge is -2.31. The maximum Gasteiger partial charge on any atom is 0.225 e. The molecule has 2 fully saturated rings. The van der Waals surface area contributed by atoms with Crippen LogP contribution in [0.5, 0.6) is 0 Å². The molecule has 0 spiro atoms. The molecule has 0 aromatic heterocycles. The average Bonchev–Trinajstić information content (AvgIpc) is 2.59. The largest absolute Gasteiger partial charge is 0.340 e. The van der Waals surface area contributed by atoms with Crippen molar-refractivity contribution < 1.29 is 4.79 Å². The van der Waals surface area contributed by atoms with Crippen molar-refractivity contribution in [3.05, 3.63) is 11.6 Å². The molecule has 0 N–H and O–H groups in total. The molecule has 2 rings (SSSR count). The molecule has 1 amide bonds. The number of hydrogen-bond donors (Lipinski definition) is 0. The highest BCUT2D eigenvalue weighted by atomic mass is 16.2. The molecule has 2 saturated heterocycles. The Hall–Kier alpha value is -0.725. The van der Waals surface area contributed by atoms with Crippen molar-refractivity contribution in [2.75, 3.05) is 6.54 Å². The molecule has 0 saturated carbocycles. The Bertz CT molecular complexity index is 312. The maximum atomic E-state index is 12.0. The van der Waals surface area contributed by atoms with E-state index in [1.165, 1.54) is 5.57 Å². The van der Waals surface area contributed by atoms with Gasteiger partial charge < -0.3 is 4.90 Å². The predicted molar refractivity (Wildman–Crippen MR) is 59.7 cm³/mol. The van der Waals surface area contributed by atoms with Crippen LogP contribution in [0.4, 0.5) is 0 Å². The van der Waals surface area contributed by atoms with Crippen LogP contribution >= 0.6 is 0 Å². The van der Waals surface area contributed by atoms with Crippen LogP contribution in [0, 0.1) is 11.8 Å². The summed E-state index contributed by atoms with van der Waals surface area (Å²) in [5.74, 6) is 1.03. The van der Waals surface area contributed by atoms with Crippen LogP contribution in [-0.2, 0) is 4.79 Å². The molecule has 2 heterocycles. The van der Waals surface area contributed by atoms with Crippen LogP contribution in [0.1, 0.15) is 27.2 Å². The van der Waals surface area contributed by atoms with Crippen molar-refractivity contribution in [3.8, 4) is 0 Å². The maximum absolute atomic E-state index is 12.0. The highest BCUT2D eigenvalue weighted by Gasteiger charge is 2.54. The van der Waals surface area contributed by atoms with Crippen molar-refractivity contribution in [1.29, 1.82) is 0 Å². The van der Waals surface area contributed by atoms with E-state index in [0.717, 1.165) is 13.0 Å². The summed E-state index contributed by atoms with van der Waals surface area (Å²) in [6.07, 6.45) is 3.23. The van der Waals surface area contributed by atoms with Gasteiger partial charge in [-0.15, -0.1) is 0 Å². The minimum Gasteiger partial charge on any atom is -0.340 e. The lowest BCUT2D eigenvalue weighted by atomic mass is 9.66. The Morgan fingerprint density at radius 3 is 2.71 bits per heavy atom. The number of rotatable bonds is 0. The van der Waals surface area contributed by atoms with Gasteiger partial charge in [0.1, 0.15) is 7.85 Å². The SMILES string of the molecule is BC12C/C(=C/C)CN1C(=O)C(C)C2C. The van der Waals surface area contributed by atoms with Crippen LogP contribution in [0.2, 0.25) is 0 Å². The first-order valence-corrected chi connectivity index (χ1v) is 5.46. The van der Waals surface area contributed by atoms with Crippen LogP contribution in [-0.4, -0.2) is 30.6 Å². The van der Waals surface area contributed by atoms with Crippen molar-refractivity contribution in [3.63, 3.8) is 0 Å². The fourth-order valence-corrected chi connectivity index (χ4v) is 2.92. The number of carbonyl (C=O) groups is 1. The van der Waals surface area contributed by atoms with Crippen molar-refractivity contribution in [2.45, 2.75) is 32.6 Å². The van der Waals surface area contributed by atoms with E-state index in [-0.39, 0.29) is 11.4 Å². The van der Waals surface area contributed by atoms with Crippen molar-refractivity contribution in [1.82, 2.24) is 4.90 Å². The molecule has 3 heteroatoms. The minimum atomic E-state index is 0.0956. The van der Waals surface area contributed by atoms with E-state index >= 15 is 0 Å². The summed E-state index contributed by atoms with van der Waals surface area (Å²) in [6.45, 7) is 7.20. The fraction of sp³-hybridized carbons (Fsp3) is 0.727. The Balaban J connectivity index is 2.36. The number of fused-ring (bicyclic) bond motifs is 1. The first kappa shape index (κ1) is 9.82. The van der Waals surface area contributed by atoms with Crippen LogP contribution in [0.15, 0.2) is 11.6 Å². The highest BCUT2D eigenvalue weighted by Crippen LogP contribution is 2.45. The van der Waals surface area contributed by atoms with E-state index in [1.807, 2.05) is 0 Å². The van der Waals surface area contributed by atoms with E-state index in [2.05, 4.69) is 39.6 Å². The first-order chi connectivity index (χ1) is 6.50. The van der Waals surface area contributed by atoms with E-state index < -0.39 is 0 Å². The Kier molecular flexibility index (Phi) is 2.02. The third-order valence-electron chi connectivity index (χ3n) is 4.36. The monoisotopic (exact) mass is 191 g/mol. The number of hydrogen-bond acceptors (Lipinski definition) is 1. The lowest BCUT2D eigenvalue weighted by Crippen LogP contribution is -2.43. The summed E-state index contributed by atoms with van der Waals surface area (Å²) in [5.41, 5.74) is 1.51. The molecule has 2 aliphatic heterocycles. The highest BCUT2D eigenvalue weighted by molar-refractivity contribution is 6.19. The molecule has 2 nitrogen and oxygen atoms in total. The van der Waals surface area contributed by atoms with Crippen molar-refractivity contribution in [2.24, 2.45) is 11.8 Å². The van der Waals surface area contributed by atoms with Gasteiger partial charge in [-0.25, -0.2) is 0 Å². The van der Waals surface area contributed by atoms with Crippen LogP contribution in [0.25, 0.3) is 0 Å². The first-order valence-electron chi connectivity index (χ1n) is 5.46. The summed E-state index contributed by atoms with van der Waals surface area (Å²) in [5, 5.41) is 0. The van der Waals surface area contributed by atoms with E-state index in [4.69, 9.17) is 0 Å². The third kappa shape index (κ3) is 1.01. The van der Waals surface area contributed by atoms with E-state index in [1.54, 1.807) is 0 Å². The van der Waals surface area contributed by atoms with E-state index in [0.29, 0.717) is 11.8 Å². The lowest BCUT2D eigenvalue weighted by molar-refractivity contribution is -0.131. The molecule has 2 aliphatic rings. The van der Waals surface area contributed by atoms with Crippen molar-refractivity contribution >= 4 is 13.8 Å². The second-order valence-electron chi connectivity index (χ2n) is 4.98. The van der Waals surface area contributed by atoms with Gasteiger partial charge in [0.25, 0.3) is 0 Å². The molecule has 3 atom stereocenters. The van der Waals surface area contributed by atoms with Gasteiger partial charge in [-0.3, -0.25) is 4.79 Å². The molecular weight excluding hydrogens is 173 g/mol. The molecule has 14 heavy (non-hydrogen) atoms. The van der Waals surface area contributed by atoms with Gasteiger partial charge in [0.2, 0.25) is 5.91 Å². The molecule has 0 aliphatic carbocycles. The molecule has 0 bridgehead atoms. The van der Waals surface area contributed by atoms with Gasteiger partial charge in [-0.1, -0.05) is 25.5 Å². The zero-order chi connectivity index (χ0) is 10.5. The Labute approximate surface area is 86.8 Å². The van der Waals surface area contributed by atoms with Gasteiger partial charge in [0.05, 0.1) is 0 Å². The Morgan fingerprint density at radius 2 is 2.21 bits per heavy atom. The minimum absolute atomic E-state index is 0.0956. The molecule has 76 valence electrons. The molecule has 0 radical (unpaired) electrons. The fourth-order valence-electron chi connectivity index (χ4n) is 2.92. The number of nitrogens with zero attached hydrogens (tertiary/aromatic N) is 1. The number of carbonyl (C=O) groups excluding carboxylic acids is 1. The van der Waals surface area contributed by atoms with E-state index in [9.17, 15) is 4.79 Å². The summed E-state index contributed by atoms with van der Waals surface area (Å²) in [7, 11) is 2.23. The average molecular weight is 191 g/mol.